The molecule has 1 amide bonds. The number of ether oxygens (including phenoxy) is 1. The number of nitrogens with zero attached hydrogens (tertiary/aromatic N) is 8. The molecule has 5 aromatic rings. The molecule has 0 aliphatic carbocycles. The normalized spacial score (nSPS) is 18.2. The van der Waals surface area contributed by atoms with Gasteiger partial charge in [-0.25, -0.2) is 24.5 Å². The van der Waals surface area contributed by atoms with E-state index in [-0.39, 0.29) is 18.0 Å². The number of carbonyl (C=O) groups is 1. The second kappa shape index (κ2) is 9.05. The summed E-state index contributed by atoms with van der Waals surface area (Å²) in [5.74, 6) is 2.91. The highest BCUT2D eigenvalue weighted by Crippen LogP contribution is 2.35. The highest BCUT2D eigenvalue weighted by Gasteiger charge is 2.45. The van der Waals surface area contributed by atoms with Crippen LogP contribution in [0.5, 0.6) is 11.5 Å². The molecule has 0 spiro atoms. The Bertz CT molecular complexity index is 1750. The van der Waals surface area contributed by atoms with Crippen LogP contribution in [-0.2, 0) is 4.79 Å². The number of amides is 1. The lowest BCUT2D eigenvalue weighted by atomic mass is 10.2. The zero-order chi connectivity index (χ0) is 26.5. The summed E-state index contributed by atoms with van der Waals surface area (Å²) in [7, 11) is 0. The number of hydrogen-bond acceptors (Lipinski definition) is 9. The molecule has 7 rings (SSSR count). The van der Waals surface area contributed by atoms with Crippen molar-refractivity contribution in [3.05, 3.63) is 79.5 Å². The van der Waals surface area contributed by atoms with Crippen LogP contribution < -0.4 is 15.0 Å². The minimum Gasteiger partial charge on any atom is -0.457 e. The summed E-state index contributed by atoms with van der Waals surface area (Å²) < 4.78 is 7.79. The molecule has 1 aromatic carbocycles. The summed E-state index contributed by atoms with van der Waals surface area (Å²) in [6.45, 7) is 7.06. The number of anilines is 3. The lowest BCUT2D eigenvalue weighted by Crippen LogP contribution is -2.48. The van der Waals surface area contributed by atoms with Crippen LogP contribution >= 0.6 is 0 Å². The van der Waals surface area contributed by atoms with Crippen LogP contribution in [0.1, 0.15) is 12.0 Å². The Hall–Kier alpha value is -5.06. The molecule has 6 heterocycles. The maximum absolute atomic E-state index is 12.1. The molecule has 2 atom stereocenters. The Balaban J connectivity index is 1.12. The zero-order valence-electron chi connectivity index (χ0n) is 21.2. The number of fused-ring (bicyclic) bond motifs is 4. The van der Waals surface area contributed by atoms with Crippen LogP contribution in [0.4, 0.5) is 17.3 Å². The zero-order valence-corrected chi connectivity index (χ0v) is 21.2. The molecule has 2 bridgehead atoms. The van der Waals surface area contributed by atoms with Crippen LogP contribution in [0.3, 0.4) is 0 Å². The number of benzene rings is 1. The molecule has 2 aliphatic heterocycles. The summed E-state index contributed by atoms with van der Waals surface area (Å²) >= 11 is 0. The monoisotopic (exact) mass is 519 g/mol. The fourth-order valence-corrected chi connectivity index (χ4v) is 5.48. The summed E-state index contributed by atoms with van der Waals surface area (Å²) in [6, 6.07) is 14.0. The minimum absolute atomic E-state index is 0.00314. The van der Waals surface area contributed by atoms with Gasteiger partial charge in [0.15, 0.2) is 11.5 Å². The second-order valence-corrected chi connectivity index (χ2v) is 9.78. The maximum Gasteiger partial charge on any atom is 0.246 e. The van der Waals surface area contributed by atoms with Crippen molar-refractivity contribution in [2.45, 2.75) is 25.4 Å². The van der Waals surface area contributed by atoms with E-state index >= 15 is 0 Å². The lowest BCUT2D eigenvalue weighted by molar-refractivity contribution is -0.127. The van der Waals surface area contributed by atoms with E-state index in [1.807, 2.05) is 60.5 Å². The van der Waals surface area contributed by atoms with Crippen LogP contribution in [-0.4, -0.2) is 65.5 Å². The average Bonchev–Trinajstić information content (AvgIpc) is 3.70. The quantitative estimate of drug-likeness (QED) is 0.334. The Morgan fingerprint density at radius 3 is 2.82 bits per heavy atom. The fraction of sp³-hybridized carbons (Fsp3) is 0.214. The molecular weight excluding hydrogens is 494 g/mol. The smallest absolute Gasteiger partial charge is 0.246 e. The van der Waals surface area contributed by atoms with E-state index < -0.39 is 0 Å². The topological polar surface area (TPSA) is 114 Å². The van der Waals surface area contributed by atoms with Crippen molar-refractivity contribution in [1.29, 1.82) is 0 Å². The molecular formula is C28H25N9O2. The summed E-state index contributed by atoms with van der Waals surface area (Å²) in [5, 5.41) is 7.52. The predicted octanol–water partition coefficient (Wildman–Crippen LogP) is 3.89. The standard InChI is InChI=1S/C28H25N9O2/c1-3-26(38)36-14-19-11-20(36)13-35(19)24-7-5-22-27(34-24)28(31-15-29-22)33-18-4-6-23(17(2)10-18)39-21-8-9-37-25(12-21)30-16-32-37/h3-10,12,15-16,19-20H,1,11,13-14H2,2H3,(H,29,31,33). The van der Waals surface area contributed by atoms with E-state index in [1.165, 1.54) is 18.7 Å². The van der Waals surface area contributed by atoms with Gasteiger partial charge in [-0.15, -0.1) is 0 Å². The van der Waals surface area contributed by atoms with Gasteiger partial charge in [0.1, 0.15) is 35.5 Å². The Morgan fingerprint density at radius 2 is 2.00 bits per heavy atom. The van der Waals surface area contributed by atoms with E-state index in [2.05, 4.69) is 36.8 Å². The Morgan fingerprint density at radius 1 is 1.08 bits per heavy atom. The van der Waals surface area contributed by atoms with Crippen molar-refractivity contribution >= 4 is 39.9 Å². The minimum atomic E-state index is -0.00314. The van der Waals surface area contributed by atoms with Gasteiger partial charge in [0.2, 0.25) is 5.91 Å². The van der Waals surface area contributed by atoms with Crippen molar-refractivity contribution in [3.8, 4) is 11.5 Å². The van der Waals surface area contributed by atoms with Crippen LogP contribution in [0.25, 0.3) is 16.7 Å². The molecule has 11 nitrogen and oxygen atoms in total. The van der Waals surface area contributed by atoms with Gasteiger partial charge in [0, 0.05) is 31.0 Å². The molecule has 0 radical (unpaired) electrons. The SMILES string of the molecule is C=CC(=O)N1CC2CC1CN2c1ccc2ncnc(Nc3ccc(Oc4ccn5ncnc5c4)c(C)c3)c2n1. The van der Waals surface area contributed by atoms with Crippen molar-refractivity contribution in [3.63, 3.8) is 0 Å². The van der Waals surface area contributed by atoms with E-state index in [0.29, 0.717) is 23.6 Å². The van der Waals surface area contributed by atoms with Gasteiger partial charge in [0.05, 0.1) is 17.6 Å². The Labute approximate surface area is 223 Å². The molecule has 2 saturated heterocycles. The molecule has 2 fully saturated rings. The number of pyridine rings is 2. The number of hydrogen-bond donors (Lipinski definition) is 1. The highest BCUT2D eigenvalue weighted by atomic mass is 16.5. The van der Waals surface area contributed by atoms with E-state index in [9.17, 15) is 4.79 Å². The third-order valence-corrected chi connectivity index (χ3v) is 7.38. The number of piperazine rings is 1. The molecule has 1 N–H and O–H groups in total. The van der Waals surface area contributed by atoms with Crippen molar-refractivity contribution in [1.82, 2.24) is 34.4 Å². The number of carbonyl (C=O) groups excluding carboxylic acids is 1. The molecule has 11 heteroatoms. The maximum atomic E-state index is 12.1. The van der Waals surface area contributed by atoms with Gasteiger partial charge >= 0.3 is 0 Å². The summed E-state index contributed by atoms with van der Waals surface area (Å²) in [6.07, 6.45) is 7.19. The third kappa shape index (κ3) is 4.08. The Kier molecular flexibility index (Phi) is 5.36. The van der Waals surface area contributed by atoms with Gasteiger partial charge in [-0.3, -0.25) is 4.79 Å². The van der Waals surface area contributed by atoms with Crippen LogP contribution in [0, 0.1) is 6.92 Å². The fourth-order valence-electron chi connectivity index (χ4n) is 5.48. The van der Waals surface area contributed by atoms with Gasteiger partial charge in [-0.05, 0) is 61.4 Å². The molecule has 39 heavy (non-hydrogen) atoms. The molecule has 0 saturated carbocycles. The van der Waals surface area contributed by atoms with E-state index in [1.54, 1.807) is 4.52 Å². The summed E-state index contributed by atoms with van der Waals surface area (Å²) in [4.78, 5) is 34.4. The van der Waals surface area contributed by atoms with Crippen LogP contribution in [0.2, 0.25) is 0 Å². The molecule has 2 aliphatic rings. The van der Waals surface area contributed by atoms with Gasteiger partial charge in [0.25, 0.3) is 0 Å². The largest absolute Gasteiger partial charge is 0.457 e. The molecule has 194 valence electrons. The first-order chi connectivity index (χ1) is 19.1. The average molecular weight is 520 g/mol. The number of rotatable bonds is 6. The first kappa shape index (κ1) is 23.1. The number of nitrogens with one attached hydrogen (secondary N) is 1. The molecule has 4 aromatic heterocycles. The second-order valence-electron chi connectivity index (χ2n) is 9.78. The van der Waals surface area contributed by atoms with E-state index in [0.717, 1.165) is 46.9 Å². The number of likely N-dealkylation sites (tertiary alicyclic amines) is 1. The van der Waals surface area contributed by atoms with Crippen molar-refractivity contribution < 1.29 is 9.53 Å². The highest BCUT2D eigenvalue weighted by molar-refractivity contribution is 5.89. The van der Waals surface area contributed by atoms with Crippen LogP contribution in [0.15, 0.2) is 74.0 Å². The van der Waals surface area contributed by atoms with Gasteiger partial charge in [-0.2, -0.15) is 5.10 Å². The number of aromatic nitrogens is 6. The van der Waals surface area contributed by atoms with Gasteiger partial charge in [-0.1, -0.05) is 6.58 Å². The molecule has 2 unspecified atom stereocenters. The first-order valence-corrected chi connectivity index (χ1v) is 12.7. The van der Waals surface area contributed by atoms with Gasteiger partial charge < -0.3 is 19.9 Å². The van der Waals surface area contributed by atoms with Crippen molar-refractivity contribution in [2.75, 3.05) is 23.3 Å². The number of aryl methyl sites for hydroxylation is 1. The predicted molar refractivity (Wildman–Crippen MR) is 146 cm³/mol. The summed E-state index contributed by atoms with van der Waals surface area (Å²) in [5.41, 5.74) is 3.98. The third-order valence-electron chi connectivity index (χ3n) is 7.38. The van der Waals surface area contributed by atoms with Crippen molar-refractivity contribution in [2.24, 2.45) is 0 Å². The van der Waals surface area contributed by atoms with E-state index in [4.69, 9.17) is 9.72 Å². The first-order valence-electron chi connectivity index (χ1n) is 12.7. The lowest BCUT2D eigenvalue weighted by Gasteiger charge is -2.34.